The summed E-state index contributed by atoms with van der Waals surface area (Å²) in [6, 6.07) is 0. The molecule has 0 spiro atoms. The molecule has 17 heavy (non-hydrogen) atoms. The Morgan fingerprint density at radius 3 is 2.41 bits per heavy atom. The van der Waals surface area contributed by atoms with Gasteiger partial charge in [-0.3, -0.25) is 0 Å². The minimum absolute atomic E-state index is 0.290. The largest absolute Gasteiger partial charge is 0.347 e. The SMILES string of the molecule is CC(C)c1nsc(N2CCC(C(C)Cl)CC2)n1. The molecule has 0 saturated carbocycles. The smallest absolute Gasteiger partial charge is 0.205 e. The van der Waals surface area contributed by atoms with E-state index in [1.807, 2.05) is 0 Å². The highest BCUT2D eigenvalue weighted by Gasteiger charge is 2.24. The fraction of sp³-hybridized carbons (Fsp3) is 0.833. The van der Waals surface area contributed by atoms with Crippen LogP contribution in [0.5, 0.6) is 0 Å². The molecule has 1 aliphatic heterocycles. The lowest BCUT2D eigenvalue weighted by Gasteiger charge is -2.32. The van der Waals surface area contributed by atoms with Gasteiger partial charge in [-0.25, -0.2) is 4.98 Å². The van der Waals surface area contributed by atoms with Gasteiger partial charge in [0.1, 0.15) is 5.82 Å². The zero-order valence-corrected chi connectivity index (χ0v) is 12.3. The molecule has 1 atom stereocenters. The summed E-state index contributed by atoms with van der Waals surface area (Å²) in [7, 11) is 0. The van der Waals surface area contributed by atoms with E-state index in [0.717, 1.165) is 24.0 Å². The van der Waals surface area contributed by atoms with Crippen molar-refractivity contribution in [2.24, 2.45) is 5.92 Å². The van der Waals surface area contributed by atoms with Gasteiger partial charge in [0, 0.05) is 35.9 Å². The predicted molar refractivity (Wildman–Crippen MR) is 74.3 cm³/mol. The first kappa shape index (κ1) is 13.1. The molecule has 0 radical (unpaired) electrons. The molecule has 0 amide bonds. The third-order valence-electron chi connectivity index (χ3n) is 3.41. The molecule has 1 saturated heterocycles. The lowest BCUT2D eigenvalue weighted by molar-refractivity contribution is 0.400. The number of anilines is 1. The first-order valence-corrected chi connectivity index (χ1v) is 7.51. The third kappa shape index (κ3) is 3.10. The molecule has 5 heteroatoms. The molecule has 1 aliphatic rings. The highest BCUT2D eigenvalue weighted by Crippen LogP contribution is 2.29. The van der Waals surface area contributed by atoms with Crippen molar-refractivity contribution in [1.82, 2.24) is 9.36 Å². The van der Waals surface area contributed by atoms with Gasteiger partial charge in [-0.05, 0) is 25.7 Å². The fourth-order valence-corrected chi connectivity index (χ4v) is 3.25. The third-order valence-corrected chi connectivity index (χ3v) is 4.55. The first-order valence-electron chi connectivity index (χ1n) is 6.30. The average molecular weight is 274 g/mol. The molecular weight excluding hydrogens is 254 g/mol. The van der Waals surface area contributed by atoms with E-state index in [9.17, 15) is 0 Å². The first-order chi connectivity index (χ1) is 8.08. The molecule has 1 aromatic heterocycles. The molecule has 3 nitrogen and oxygen atoms in total. The molecule has 0 aliphatic carbocycles. The van der Waals surface area contributed by atoms with Crippen molar-refractivity contribution >= 4 is 28.3 Å². The van der Waals surface area contributed by atoms with Crippen LogP contribution in [0.3, 0.4) is 0 Å². The number of piperidine rings is 1. The normalized spacial score (nSPS) is 19.9. The molecule has 1 unspecified atom stereocenters. The van der Waals surface area contributed by atoms with E-state index in [2.05, 4.69) is 35.0 Å². The highest BCUT2D eigenvalue weighted by atomic mass is 35.5. The lowest BCUT2D eigenvalue weighted by atomic mass is 9.94. The van der Waals surface area contributed by atoms with Crippen LogP contribution in [0.1, 0.15) is 45.4 Å². The maximum atomic E-state index is 6.15. The second-order valence-electron chi connectivity index (χ2n) is 5.09. The molecule has 0 aromatic carbocycles. The van der Waals surface area contributed by atoms with Crippen LogP contribution in [-0.2, 0) is 0 Å². The minimum Gasteiger partial charge on any atom is -0.347 e. The average Bonchev–Trinajstić information content (AvgIpc) is 2.78. The summed E-state index contributed by atoms with van der Waals surface area (Å²) in [4.78, 5) is 6.95. The van der Waals surface area contributed by atoms with Crippen molar-refractivity contribution < 1.29 is 0 Å². The van der Waals surface area contributed by atoms with E-state index in [1.165, 1.54) is 24.4 Å². The molecule has 0 bridgehead atoms. The molecule has 2 heterocycles. The topological polar surface area (TPSA) is 29.0 Å². The van der Waals surface area contributed by atoms with Crippen molar-refractivity contribution in [2.75, 3.05) is 18.0 Å². The lowest BCUT2D eigenvalue weighted by Crippen LogP contribution is -2.35. The van der Waals surface area contributed by atoms with Crippen molar-refractivity contribution in [3.05, 3.63) is 5.82 Å². The van der Waals surface area contributed by atoms with Crippen LogP contribution in [0.4, 0.5) is 5.13 Å². The van der Waals surface area contributed by atoms with Gasteiger partial charge in [-0.15, -0.1) is 11.6 Å². The summed E-state index contributed by atoms with van der Waals surface area (Å²) in [5, 5.41) is 1.37. The van der Waals surface area contributed by atoms with Crippen LogP contribution in [0.25, 0.3) is 0 Å². The van der Waals surface area contributed by atoms with E-state index in [-0.39, 0.29) is 5.38 Å². The number of alkyl halides is 1. The number of halogens is 1. The van der Waals surface area contributed by atoms with Crippen LogP contribution in [-0.4, -0.2) is 27.8 Å². The van der Waals surface area contributed by atoms with Gasteiger partial charge in [-0.2, -0.15) is 4.37 Å². The number of aromatic nitrogens is 2. The zero-order chi connectivity index (χ0) is 12.4. The van der Waals surface area contributed by atoms with E-state index in [0.29, 0.717) is 11.8 Å². The molecule has 1 aromatic rings. The van der Waals surface area contributed by atoms with Crippen molar-refractivity contribution in [1.29, 1.82) is 0 Å². The van der Waals surface area contributed by atoms with E-state index in [1.54, 1.807) is 0 Å². The van der Waals surface area contributed by atoms with Crippen molar-refractivity contribution in [3.8, 4) is 0 Å². The standard InChI is InChI=1S/C12H20ClN3S/c1-8(2)11-14-12(17-15-11)16-6-4-10(5-7-16)9(3)13/h8-10H,4-7H2,1-3H3. The summed E-state index contributed by atoms with van der Waals surface area (Å²) in [6.07, 6.45) is 2.34. The molecule has 2 rings (SSSR count). The Kier molecular flexibility index (Phi) is 4.26. The second kappa shape index (κ2) is 5.53. The second-order valence-corrected chi connectivity index (χ2v) is 6.51. The Hall–Kier alpha value is -0.350. The van der Waals surface area contributed by atoms with Gasteiger partial charge in [0.05, 0.1) is 0 Å². The van der Waals surface area contributed by atoms with Gasteiger partial charge < -0.3 is 4.90 Å². The maximum Gasteiger partial charge on any atom is 0.205 e. The van der Waals surface area contributed by atoms with Gasteiger partial charge in [0.2, 0.25) is 5.13 Å². The summed E-state index contributed by atoms with van der Waals surface area (Å²) in [6.45, 7) is 8.49. The number of hydrogen-bond donors (Lipinski definition) is 0. The predicted octanol–water partition coefficient (Wildman–Crippen LogP) is 3.51. The van der Waals surface area contributed by atoms with Gasteiger partial charge in [0.25, 0.3) is 0 Å². The van der Waals surface area contributed by atoms with Crippen LogP contribution in [0, 0.1) is 5.92 Å². The molecule has 0 N–H and O–H groups in total. The van der Waals surface area contributed by atoms with Crippen molar-refractivity contribution in [2.45, 2.75) is 44.9 Å². The quantitative estimate of drug-likeness (QED) is 0.790. The fourth-order valence-electron chi connectivity index (χ4n) is 2.14. The summed E-state index contributed by atoms with van der Waals surface area (Å²) < 4.78 is 4.41. The Morgan fingerprint density at radius 1 is 1.29 bits per heavy atom. The van der Waals surface area contributed by atoms with Gasteiger partial charge >= 0.3 is 0 Å². The van der Waals surface area contributed by atoms with Crippen LogP contribution in [0.2, 0.25) is 0 Å². The Bertz CT molecular complexity index is 356. The molecular formula is C12H20ClN3S. The van der Waals surface area contributed by atoms with E-state index < -0.39 is 0 Å². The summed E-state index contributed by atoms with van der Waals surface area (Å²) >= 11 is 7.68. The Balaban J connectivity index is 1.96. The van der Waals surface area contributed by atoms with Gasteiger partial charge in [-0.1, -0.05) is 13.8 Å². The molecule has 96 valence electrons. The Morgan fingerprint density at radius 2 is 1.94 bits per heavy atom. The molecule has 1 fully saturated rings. The van der Waals surface area contributed by atoms with E-state index in [4.69, 9.17) is 11.6 Å². The highest BCUT2D eigenvalue weighted by molar-refractivity contribution is 7.09. The van der Waals surface area contributed by atoms with Crippen molar-refractivity contribution in [3.63, 3.8) is 0 Å². The minimum atomic E-state index is 0.290. The van der Waals surface area contributed by atoms with Crippen LogP contribution in [0.15, 0.2) is 0 Å². The number of rotatable bonds is 3. The number of nitrogens with zero attached hydrogens (tertiary/aromatic N) is 3. The van der Waals surface area contributed by atoms with Crippen LogP contribution < -0.4 is 4.90 Å². The maximum absolute atomic E-state index is 6.15. The summed E-state index contributed by atoms with van der Waals surface area (Å²) in [5.41, 5.74) is 0. The summed E-state index contributed by atoms with van der Waals surface area (Å²) in [5.74, 6) is 2.05. The zero-order valence-electron chi connectivity index (χ0n) is 10.7. The number of hydrogen-bond acceptors (Lipinski definition) is 4. The monoisotopic (exact) mass is 273 g/mol. The van der Waals surface area contributed by atoms with E-state index >= 15 is 0 Å². The Labute approximate surface area is 112 Å². The van der Waals surface area contributed by atoms with Crippen LogP contribution >= 0.6 is 23.1 Å². The van der Waals surface area contributed by atoms with Gasteiger partial charge in [0.15, 0.2) is 0 Å².